The molecule has 6 aromatic rings. The molecule has 2 nitrogen and oxygen atoms in total. The summed E-state index contributed by atoms with van der Waals surface area (Å²) in [6.07, 6.45) is 1.91. The molecule has 0 saturated heterocycles. The second-order valence-electron chi connectivity index (χ2n) is 11.3. The molecule has 0 aliphatic carbocycles. The van der Waals surface area contributed by atoms with E-state index in [1.54, 1.807) is 12.1 Å². The smallest absolute Gasteiger partial charge is 0.219 e. The molecule has 0 fully saturated rings. The van der Waals surface area contributed by atoms with Crippen LogP contribution in [0.4, 0.5) is 8.78 Å². The highest BCUT2D eigenvalue weighted by Crippen LogP contribution is 2.42. The molecule has 0 radical (unpaired) electrons. The summed E-state index contributed by atoms with van der Waals surface area (Å²) >= 11 is 0. The largest absolute Gasteiger partial charge is 0.454 e. The predicted octanol–water partition coefficient (Wildman–Crippen LogP) is 8.54. The molecule has 0 bridgehead atoms. The maximum Gasteiger partial charge on any atom is 0.219 e. The number of furan rings is 1. The van der Waals surface area contributed by atoms with Crippen LogP contribution < -0.4 is 9.75 Å². The van der Waals surface area contributed by atoms with Crippen LogP contribution in [0.15, 0.2) is 95.5 Å². The van der Waals surface area contributed by atoms with Gasteiger partial charge in [-0.1, -0.05) is 80.3 Å². The third-order valence-electron chi connectivity index (χ3n) is 7.51. The van der Waals surface area contributed by atoms with Gasteiger partial charge in [0.15, 0.2) is 6.20 Å². The van der Waals surface area contributed by atoms with E-state index in [2.05, 4.69) is 19.6 Å². The van der Waals surface area contributed by atoms with E-state index in [0.29, 0.717) is 16.7 Å². The Morgan fingerprint density at radius 1 is 0.667 bits per heavy atom. The molecule has 0 aliphatic rings. The number of aryl methyl sites for hydroxylation is 2. The van der Waals surface area contributed by atoms with Gasteiger partial charge in [0.2, 0.25) is 5.69 Å². The highest BCUT2D eigenvalue weighted by Gasteiger charge is 2.29. The molecule has 0 spiro atoms. The Hall–Kier alpha value is -4.09. The standard InChI is InChI=1S/C34H30F2NOSi/c1-21-14-15-25-26-16-17-27(35)32(24-13-9-12-23(18-24)22-10-7-6-8-11-22)34(26)38-33(25)31(21)29-19-28(36)30(20-37(29)2)39(3,4)5/h6-20H,1-5H3/q+1. The van der Waals surface area contributed by atoms with Crippen molar-refractivity contribution < 1.29 is 17.8 Å². The van der Waals surface area contributed by atoms with E-state index in [9.17, 15) is 0 Å². The molecule has 39 heavy (non-hydrogen) atoms. The average molecular weight is 535 g/mol. The molecule has 0 unspecified atom stereocenters. The number of nitrogens with zero attached hydrogens (tertiary/aromatic N) is 1. The van der Waals surface area contributed by atoms with Gasteiger partial charge in [-0.25, -0.2) is 13.3 Å². The Morgan fingerprint density at radius 3 is 2.03 bits per heavy atom. The van der Waals surface area contributed by atoms with Gasteiger partial charge < -0.3 is 4.42 Å². The lowest BCUT2D eigenvalue weighted by molar-refractivity contribution is -0.659. The first kappa shape index (κ1) is 25.2. The highest BCUT2D eigenvalue weighted by molar-refractivity contribution is 6.88. The molecular weight excluding hydrogens is 504 g/mol. The molecule has 0 saturated carbocycles. The van der Waals surface area contributed by atoms with Crippen LogP contribution >= 0.6 is 0 Å². The molecule has 0 atom stereocenters. The Balaban J connectivity index is 1.61. The van der Waals surface area contributed by atoms with Crippen molar-refractivity contribution in [2.45, 2.75) is 26.6 Å². The molecular formula is C34H30F2NOSi+. The highest BCUT2D eigenvalue weighted by atomic mass is 28.3. The van der Waals surface area contributed by atoms with E-state index in [-0.39, 0.29) is 11.6 Å². The third-order valence-corrected chi connectivity index (χ3v) is 9.50. The van der Waals surface area contributed by atoms with Crippen molar-refractivity contribution in [1.82, 2.24) is 0 Å². The molecule has 5 heteroatoms. The Kier molecular flexibility index (Phi) is 6.00. The van der Waals surface area contributed by atoms with Crippen LogP contribution in [0.2, 0.25) is 19.6 Å². The molecule has 0 aliphatic heterocycles. The normalized spacial score (nSPS) is 12.0. The van der Waals surface area contributed by atoms with Crippen molar-refractivity contribution in [3.05, 3.63) is 108 Å². The van der Waals surface area contributed by atoms with Gasteiger partial charge in [-0.15, -0.1) is 0 Å². The lowest BCUT2D eigenvalue weighted by Crippen LogP contribution is -2.47. The summed E-state index contributed by atoms with van der Waals surface area (Å²) in [5.41, 5.74) is 6.86. The van der Waals surface area contributed by atoms with Crippen LogP contribution in [0, 0.1) is 18.6 Å². The minimum absolute atomic E-state index is 0.195. The summed E-state index contributed by atoms with van der Waals surface area (Å²) in [6.45, 7) is 8.41. The van der Waals surface area contributed by atoms with Crippen molar-refractivity contribution >= 4 is 35.2 Å². The molecule has 194 valence electrons. The lowest BCUT2D eigenvalue weighted by Gasteiger charge is -2.16. The summed E-state index contributed by atoms with van der Waals surface area (Å²) in [4.78, 5) is 0. The monoisotopic (exact) mass is 534 g/mol. The zero-order chi connectivity index (χ0) is 27.5. The van der Waals surface area contributed by atoms with Crippen molar-refractivity contribution in [2.24, 2.45) is 7.05 Å². The van der Waals surface area contributed by atoms with E-state index < -0.39 is 8.07 Å². The summed E-state index contributed by atoms with van der Waals surface area (Å²) in [6, 6.07) is 26.8. The minimum Gasteiger partial charge on any atom is -0.454 e. The number of aromatic nitrogens is 1. The second kappa shape index (κ2) is 9.28. The first-order valence-corrected chi connectivity index (χ1v) is 16.6. The number of halogens is 2. The fraction of sp³-hybridized carbons (Fsp3) is 0.147. The molecule has 0 amide bonds. The van der Waals surface area contributed by atoms with Crippen LogP contribution in [0.5, 0.6) is 0 Å². The molecule has 2 heterocycles. The van der Waals surface area contributed by atoms with Crippen molar-refractivity contribution in [1.29, 1.82) is 0 Å². The summed E-state index contributed by atoms with van der Waals surface area (Å²) in [5.74, 6) is -0.541. The number of pyridine rings is 1. The number of fused-ring (bicyclic) bond motifs is 3. The SMILES string of the molecule is Cc1ccc2c(oc3c(-c4cccc(-c5ccccc5)c4)c(F)ccc32)c1-c1cc(F)c([Si](C)(C)C)c[n+]1C. The predicted molar refractivity (Wildman–Crippen MR) is 159 cm³/mol. The van der Waals surface area contributed by atoms with E-state index in [4.69, 9.17) is 4.42 Å². The van der Waals surface area contributed by atoms with Crippen molar-refractivity contribution in [3.63, 3.8) is 0 Å². The van der Waals surface area contributed by atoms with Crippen LogP contribution in [-0.2, 0) is 7.05 Å². The quantitative estimate of drug-likeness (QED) is 0.164. The van der Waals surface area contributed by atoms with Crippen LogP contribution in [0.1, 0.15) is 5.56 Å². The fourth-order valence-corrected chi connectivity index (χ4v) is 6.84. The van der Waals surface area contributed by atoms with Gasteiger partial charge in [-0.3, -0.25) is 0 Å². The second-order valence-corrected chi connectivity index (χ2v) is 16.3. The summed E-state index contributed by atoms with van der Waals surface area (Å²) in [5, 5.41) is 2.49. The summed E-state index contributed by atoms with van der Waals surface area (Å²) in [7, 11) is 0.0756. The van der Waals surface area contributed by atoms with Crippen LogP contribution in [-0.4, -0.2) is 8.07 Å². The zero-order valence-corrected chi connectivity index (χ0v) is 23.8. The van der Waals surface area contributed by atoms with E-state index in [1.165, 1.54) is 6.07 Å². The fourth-order valence-electron chi connectivity index (χ4n) is 5.48. The van der Waals surface area contributed by atoms with Gasteiger partial charge in [0, 0.05) is 22.0 Å². The Labute approximate surface area is 228 Å². The molecule has 0 N–H and O–H groups in total. The number of rotatable bonds is 4. The molecule has 2 aromatic heterocycles. The topological polar surface area (TPSA) is 17.0 Å². The van der Waals surface area contributed by atoms with Gasteiger partial charge in [-0.2, -0.15) is 0 Å². The van der Waals surface area contributed by atoms with Gasteiger partial charge in [-0.05, 0) is 47.4 Å². The van der Waals surface area contributed by atoms with E-state index in [1.807, 2.05) is 91.5 Å². The van der Waals surface area contributed by atoms with Crippen LogP contribution in [0.3, 0.4) is 0 Å². The summed E-state index contributed by atoms with van der Waals surface area (Å²) < 4.78 is 39.5. The van der Waals surface area contributed by atoms with Gasteiger partial charge in [0.1, 0.15) is 29.8 Å². The maximum atomic E-state index is 15.5. The van der Waals surface area contributed by atoms with Crippen molar-refractivity contribution in [2.75, 3.05) is 0 Å². The van der Waals surface area contributed by atoms with E-state index >= 15 is 8.78 Å². The first-order chi connectivity index (χ1) is 18.6. The van der Waals surface area contributed by atoms with Gasteiger partial charge >= 0.3 is 0 Å². The van der Waals surface area contributed by atoms with Crippen LogP contribution in [0.25, 0.3) is 55.4 Å². The van der Waals surface area contributed by atoms with Crippen molar-refractivity contribution in [3.8, 4) is 33.5 Å². The molecule has 6 rings (SSSR count). The van der Waals surface area contributed by atoms with Gasteiger partial charge in [0.25, 0.3) is 0 Å². The zero-order valence-electron chi connectivity index (χ0n) is 22.8. The van der Waals surface area contributed by atoms with E-state index in [0.717, 1.165) is 49.5 Å². The number of benzene rings is 4. The third kappa shape index (κ3) is 4.27. The maximum absolute atomic E-state index is 15.5. The number of hydrogen-bond acceptors (Lipinski definition) is 1. The van der Waals surface area contributed by atoms with Gasteiger partial charge in [0.05, 0.1) is 19.2 Å². The lowest BCUT2D eigenvalue weighted by atomic mass is 9.96. The first-order valence-electron chi connectivity index (χ1n) is 13.1. The number of hydrogen-bond donors (Lipinski definition) is 0. The Bertz CT molecular complexity index is 1880. The minimum atomic E-state index is -1.87. The molecule has 4 aromatic carbocycles. The average Bonchev–Trinajstić information content (AvgIpc) is 3.28. The Morgan fingerprint density at radius 2 is 1.31 bits per heavy atom.